The van der Waals surface area contributed by atoms with E-state index in [4.69, 9.17) is 15.2 Å². The molecule has 15 heteroatoms. The molecule has 5 rings (SSSR count). The predicted octanol–water partition coefficient (Wildman–Crippen LogP) is 5.47. The molecule has 2 aromatic carbocycles. The maximum atomic E-state index is 14.2. The summed E-state index contributed by atoms with van der Waals surface area (Å²) < 4.78 is 93.0. The van der Waals surface area contributed by atoms with Gasteiger partial charge in [0.25, 0.3) is 0 Å². The number of methoxy groups -OCH3 is 1. The fourth-order valence-corrected chi connectivity index (χ4v) is 5.68. The highest BCUT2D eigenvalue weighted by atomic mass is 19.4. The number of aromatic nitrogens is 2. The van der Waals surface area contributed by atoms with Gasteiger partial charge in [-0.05, 0) is 54.0 Å². The topological polar surface area (TPSA) is 123 Å². The average Bonchev–Trinajstić information content (AvgIpc) is 3.38. The van der Waals surface area contributed by atoms with Crippen LogP contribution in [0.2, 0.25) is 0 Å². The molecule has 2 fully saturated rings. The molecule has 1 aromatic heterocycles. The zero-order chi connectivity index (χ0) is 31.9. The van der Waals surface area contributed by atoms with Gasteiger partial charge >= 0.3 is 18.3 Å². The average molecular weight is 626 g/mol. The third kappa shape index (κ3) is 6.77. The van der Waals surface area contributed by atoms with Crippen molar-refractivity contribution in [3.05, 3.63) is 59.7 Å². The molecule has 1 spiro atoms. The number of halogens is 6. The van der Waals surface area contributed by atoms with Crippen LogP contribution in [0.15, 0.2) is 48.5 Å². The number of nitrogens with zero attached hydrogens (tertiary/aromatic N) is 3. The number of rotatable bonds is 7. The van der Waals surface area contributed by atoms with Gasteiger partial charge in [0.1, 0.15) is 17.6 Å². The molecule has 0 saturated carbocycles. The number of nitrogens with two attached hydrogens (primary N) is 1. The van der Waals surface area contributed by atoms with Gasteiger partial charge in [-0.2, -0.15) is 36.3 Å². The second kappa shape index (κ2) is 11.7. The number of anilines is 2. The first-order valence-corrected chi connectivity index (χ1v) is 13.6. The van der Waals surface area contributed by atoms with Crippen LogP contribution in [0.3, 0.4) is 0 Å². The smallest absolute Gasteiger partial charge is 0.429 e. The quantitative estimate of drug-likeness (QED) is 0.294. The van der Waals surface area contributed by atoms with Crippen molar-refractivity contribution in [1.82, 2.24) is 15.3 Å². The second-order valence-electron chi connectivity index (χ2n) is 11.0. The molecule has 2 saturated heterocycles. The van der Waals surface area contributed by atoms with Crippen molar-refractivity contribution in [3.8, 4) is 22.8 Å². The fraction of sp³-hybridized carbons (Fsp3) is 0.414. The number of piperidine rings is 1. The zero-order valence-corrected chi connectivity index (χ0v) is 23.4. The van der Waals surface area contributed by atoms with E-state index in [-0.39, 0.29) is 39.6 Å². The maximum Gasteiger partial charge on any atom is 0.429 e. The van der Waals surface area contributed by atoms with Gasteiger partial charge in [0, 0.05) is 31.3 Å². The number of ether oxygens (including phenoxy) is 2. The van der Waals surface area contributed by atoms with Gasteiger partial charge in [0.05, 0.1) is 12.7 Å². The molecule has 9 nitrogen and oxygen atoms in total. The van der Waals surface area contributed by atoms with E-state index >= 15 is 0 Å². The molecule has 4 N–H and O–H groups in total. The third-order valence-electron chi connectivity index (χ3n) is 8.07. The van der Waals surface area contributed by atoms with Crippen LogP contribution in [-0.4, -0.2) is 60.0 Å². The normalized spacial score (nSPS) is 19.2. The molecule has 0 amide bonds. The molecule has 236 valence electrons. The lowest BCUT2D eigenvalue weighted by Gasteiger charge is -2.39. The van der Waals surface area contributed by atoms with Gasteiger partial charge in [0.2, 0.25) is 17.9 Å². The van der Waals surface area contributed by atoms with Crippen LogP contribution in [0, 0.1) is 5.41 Å². The fourth-order valence-electron chi connectivity index (χ4n) is 5.68. The number of hydrogen-bond acceptors (Lipinski definition) is 8. The van der Waals surface area contributed by atoms with E-state index in [1.54, 1.807) is 0 Å². The van der Waals surface area contributed by atoms with Crippen LogP contribution in [-0.2, 0) is 11.0 Å². The highest BCUT2D eigenvalue weighted by Gasteiger charge is 2.45. The third-order valence-corrected chi connectivity index (χ3v) is 8.07. The number of aliphatic carboxylic acids is 1. The van der Waals surface area contributed by atoms with Crippen LogP contribution in [0.4, 0.5) is 38.1 Å². The van der Waals surface area contributed by atoms with E-state index in [1.165, 1.54) is 31.4 Å². The van der Waals surface area contributed by atoms with E-state index < -0.39 is 41.9 Å². The molecule has 0 bridgehead atoms. The van der Waals surface area contributed by atoms with Gasteiger partial charge in [-0.15, -0.1) is 0 Å². The summed E-state index contributed by atoms with van der Waals surface area (Å²) in [7, 11) is 1.21. The number of nitrogens with one attached hydrogen (secondary N) is 1. The Kier molecular flexibility index (Phi) is 8.27. The SMILES string of the molecule is COc1cc(-c2ccc([C@@H](Oc3cc(N4CCC5(CC4)CNC(C(=O)O)C5)nc(N)n3)C(F)(F)F)cc2)cc(C(F)(F)F)c1. The lowest BCUT2D eigenvalue weighted by molar-refractivity contribution is -0.198. The molecule has 2 aliphatic heterocycles. The highest BCUT2D eigenvalue weighted by molar-refractivity contribution is 5.74. The van der Waals surface area contributed by atoms with Crippen LogP contribution >= 0.6 is 0 Å². The Labute approximate surface area is 248 Å². The van der Waals surface area contributed by atoms with Crippen molar-refractivity contribution in [3.63, 3.8) is 0 Å². The first kappa shape index (κ1) is 31.2. The summed E-state index contributed by atoms with van der Waals surface area (Å²) in [5.74, 6) is -1.38. The summed E-state index contributed by atoms with van der Waals surface area (Å²) in [6.45, 7) is 1.52. The van der Waals surface area contributed by atoms with Crippen LogP contribution in [0.25, 0.3) is 11.1 Å². The zero-order valence-electron chi connectivity index (χ0n) is 23.4. The highest BCUT2D eigenvalue weighted by Crippen LogP contribution is 2.42. The van der Waals surface area contributed by atoms with Crippen molar-refractivity contribution >= 4 is 17.7 Å². The van der Waals surface area contributed by atoms with E-state index in [1.807, 2.05) is 4.90 Å². The van der Waals surface area contributed by atoms with Crippen LogP contribution in [0.1, 0.15) is 36.5 Å². The number of nitrogen functional groups attached to an aromatic ring is 1. The van der Waals surface area contributed by atoms with E-state index in [9.17, 15) is 36.2 Å². The number of carboxylic acids is 1. The molecule has 44 heavy (non-hydrogen) atoms. The number of benzene rings is 2. The molecular formula is C29H29F6N5O4. The molecule has 3 heterocycles. The Hall–Kier alpha value is -4.27. The lowest BCUT2D eigenvalue weighted by Crippen LogP contribution is -2.41. The van der Waals surface area contributed by atoms with Crippen molar-refractivity contribution < 1.29 is 45.7 Å². The Morgan fingerprint density at radius 3 is 2.30 bits per heavy atom. The summed E-state index contributed by atoms with van der Waals surface area (Å²) >= 11 is 0. The predicted molar refractivity (Wildman–Crippen MR) is 147 cm³/mol. The summed E-state index contributed by atoms with van der Waals surface area (Å²) in [6.07, 6.45) is -10.2. The van der Waals surface area contributed by atoms with Gasteiger partial charge in [-0.1, -0.05) is 24.3 Å². The summed E-state index contributed by atoms with van der Waals surface area (Å²) in [5, 5.41) is 12.3. The summed E-state index contributed by atoms with van der Waals surface area (Å²) in [4.78, 5) is 21.2. The molecule has 0 radical (unpaired) electrons. The Balaban J connectivity index is 1.35. The minimum Gasteiger partial charge on any atom is -0.497 e. The molecule has 3 aromatic rings. The van der Waals surface area contributed by atoms with E-state index in [0.717, 1.165) is 24.3 Å². The Morgan fingerprint density at radius 2 is 1.73 bits per heavy atom. The maximum absolute atomic E-state index is 14.2. The minimum atomic E-state index is -4.88. The van der Waals surface area contributed by atoms with Crippen LogP contribution in [0.5, 0.6) is 11.6 Å². The molecular weight excluding hydrogens is 596 g/mol. The van der Waals surface area contributed by atoms with Gasteiger partial charge in [0.15, 0.2) is 0 Å². The largest absolute Gasteiger partial charge is 0.497 e. The lowest BCUT2D eigenvalue weighted by atomic mass is 9.76. The first-order valence-electron chi connectivity index (χ1n) is 13.6. The van der Waals surface area contributed by atoms with Crippen molar-refractivity contribution in [2.24, 2.45) is 5.41 Å². The number of alkyl halides is 6. The summed E-state index contributed by atoms with van der Waals surface area (Å²) in [5.41, 5.74) is 4.72. The molecule has 1 unspecified atom stereocenters. The van der Waals surface area contributed by atoms with Crippen molar-refractivity contribution in [2.75, 3.05) is 37.4 Å². The minimum absolute atomic E-state index is 0.0548. The number of hydrogen-bond donors (Lipinski definition) is 3. The molecule has 0 aliphatic carbocycles. The first-order chi connectivity index (χ1) is 20.7. The Bertz CT molecular complexity index is 1510. The Morgan fingerprint density at radius 1 is 1.05 bits per heavy atom. The second-order valence-corrected chi connectivity index (χ2v) is 11.0. The van der Waals surface area contributed by atoms with Gasteiger partial charge in [-0.3, -0.25) is 4.79 Å². The van der Waals surface area contributed by atoms with Gasteiger partial charge < -0.3 is 30.5 Å². The van der Waals surface area contributed by atoms with Crippen molar-refractivity contribution in [1.29, 1.82) is 0 Å². The standard InChI is InChI=1S/C29H29F6N5O4/c1-43-20-11-18(10-19(12-20)28(30,31)32)16-2-4-17(5-3-16)24(29(33,34)35)44-23-13-22(38-26(36)39-23)40-8-6-27(7-9-40)14-21(25(41)42)37-15-27/h2-5,10-13,21,24,37H,6-9,14-15H2,1H3,(H,41,42)(H2,36,38,39)/t21?,24-/m1/s1. The van der Waals surface area contributed by atoms with Crippen molar-refractivity contribution in [2.45, 2.75) is 43.8 Å². The number of carboxylic acid groups (broad SMARTS) is 1. The number of carbonyl (C=O) groups is 1. The molecule has 2 aliphatic rings. The van der Waals surface area contributed by atoms with E-state index in [2.05, 4.69) is 15.3 Å². The monoisotopic (exact) mass is 625 g/mol. The van der Waals surface area contributed by atoms with Crippen LogP contribution < -0.4 is 25.4 Å². The van der Waals surface area contributed by atoms with E-state index in [0.29, 0.717) is 38.9 Å². The summed E-state index contributed by atoms with van der Waals surface area (Å²) in [6, 6.07) is 8.49. The molecule has 2 atom stereocenters. The van der Waals surface area contributed by atoms with Gasteiger partial charge in [-0.25, -0.2) is 0 Å².